The van der Waals surface area contributed by atoms with E-state index < -0.39 is 5.91 Å². The summed E-state index contributed by atoms with van der Waals surface area (Å²) in [5.41, 5.74) is 9.09. The Morgan fingerprint density at radius 3 is 2.24 bits per heavy atom. The summed E-state index contributed by atoms with van der Waals surface area (Å²) >= 11 is 0. The second-order valence-electron chi connectivity index (χ2n) is 4.74. The van der Waals surface area contributed by atoms with Crippen LogP contribution in [0.3, 0.4) is 0 Å². The molecule has 0 aliphatic rings. The summed E-state index contributed by atoms with van der Waals surface area (Å²) in [4.78, 5) is 14.0. The molecule has 0 aliphatic heterocycles. The number of hydrogen-bond donors (Lipinski definition) is 2. The Kier molecular flexibility index (Phi) is 3.28. The summed E-state index contributed by atoms with van der Waals surface area (Å²) in [7, 11) is 0. The molecule has 3 N–H and O–H groups in total. The second-order valence-corrected chi connectivity index (χ2v) is 4.74. The van der Waals surface area contributed by atoms with E-state index >= 15 is 0 Å². The molecule has 0 bridgehead atoms. The standard InChI is InChI=1S/C17H13FN2O/c18-14-3-1-2-13(10-14)11-4-6-12(7-5-11)15-8-9-16(20-15)17(19)21/h1-10,20H,(H2,19,21). The van der Waals surface area contributed by atoms with Crippen molar-refractivity contribution in [1.82, 2.24) is 4.98 Å². The number of hydrogen-bond acceptors (Lipinski definition) is 1. The highest BCUT2D eigenvalue weighted by atomic mass is 19.1. The number of aromatic amines is 1. The average Bonchev–Trinajstić information content (AvgIpc) is 2.97. The molecule has 0 atom stereocenters. The van der Waals surface area contributed by atoms with Crippen LogP contribution < -0.4 is 5.73 Å². The minimum atomic E-state index is -0.488. The summed E-state index contributed by atoms with van der Waals surface area (Å²) < 4.78 is 13.2. The van der Waals surface area contributed by atoms with Gasteiger partial charge in [-0.15, -0.1) is 0 Å². The topological polar surface area (TPSA) is 58.9 Å². The number of primary amides is 1. The molecule has 0 radical (unpaired) electrons. The number of halogens is 1. The van der Waals surface area contributed by atoms with Crippen molar-refractivity contribution in [3.8, 4) is 22.4 Å². The van der Waals surface area contributed by atoms with Crippen molar-refractivity contribution in [2.75, 3.05) is 0 Å². The quantitative estimate of drug-likeness (QED) is 0.756. The Balaban J connectivity index is 1.91. The smallest absolute Gasteiger partial charge is 0.265 e. The van der Waals surface area contributed by atoms with Crippen LogP contribution in [-0.2, 0) is 0 Å². The van der Waals surface area contributed by atoms with Crippen LogP contribution >= 0.6 is 0 Å². The van der Waals surface area contributed by atoms with Crippen molar-refractivity contribution in [3.63, 3.8) is 0 Å². The van der Waals surface area contributed by atoms with Gasteiger partial charge in [0, 0.05) is 5.69 Å². The molecule has 1 heterocycles. The van der Waals surface area contributed by atoms with Gasteiger partial charge in [0.05, 0.1) is 0 Å². The summed E-state index contributed by atoms with van der Waals surface area (Å²) in [6.45, 7) is 0. The van der Waals surface area contributed by atoms with E-state index in [1.54, 1.807) is 18.2 Å². The Morgan fingerprint density at radius 2 is 1.62 bits per heavy atom. The number of rotatable bonds is 3. The normalized spacial score (nSPS) is 10.5. The van der Waals surface area contributed by atoms with E-state index in [1.807, 2.05) is 30.3 Å². The van der Waals surface area contributed by atoms with Crippen molar-refractivity contribution in [2.45, 2.75) is 0 Å². The SMILES string of the molecule is NC(=O)c1ccc(-c2ccc(-c3cccc(F)c3)cc2)[nH]1. The maximum absolute atomic E-state index is 13.2. The number of nitrogens with one attached hydrogen (secondary N) is 1. The number of amides is 1. The van der Waals surface area contributed by atoms with Crippen molar-refractivity contribution in [2.24, 2.45) is 5.73 Å². The number of benzene rings is 2. The van der Waals surface area contributed by atoms with Crippen LogP contribution in [-0.4, -0.2) is 10.9 Å². The molecule has 2 aromatic carbocycles. The number of nitrogens with two attached hydrogens (primary N) is 1. The highest BCUT2D eigenvalue weighted by Crippen LogP contribution is 2.24. The molecule has 3 nitrogen and oxygen atoms in total. The first-order valence-electron chi connectivity index (χ1n) is 6.49. The zero-order valence-corrected chi connectivity index (χ0v) is 11.1. The fourth-order valence-corrected chi connectivity index (χ4v) is 2.22. The van der Waals surface area contributed by atoms with E-state index in [1.165, 1.54) is 12.1 Å². The first-order chi connectivity index (χ1) is 10.1. The third-order valence-corrected chi connectivity index (χ3v) is 3.31. The van der Waals surface area contributed by atoms with Gasteiger partial charge in [-0.05, 0) is 41.0 Å². The molecule has 0 saturated carbocycles. The highest BCUT2D eigenvalue weighted by molar-refractivity contribution is 5.92. The minimum Gasteiger partial charge on any atom is -0.364 e. The number of carbonyl (C=O) groups is 1. The zero-order chi connectivity index (χ0) is 14.8. The van der Waals surface area contributed by atoms with Crippen molar-refractivity contribution < 1.29 is 9.18 Å². The molecular weight excluding hydrogens is 267 g/mol. The third kappa shape index (κ3) is 2.69. The van der Waals surface area contributed by atoms with Gasteiger partial charge in [-0.2, -0.15) is 0 Å². The fourth-order valence-electron chi connectivity index (χ4n) is 2.22. The highest BCUT2D eigenvalue weighted by Gasteiger charge is 2.06. The summed E-state index contributed by atoms with van der Waals surface area (Å²) in [6, 6.07) is 17.6. The number of H-pyrrole nitrogens is 1. The summed E-state index contributed by atoms with van der Waals surface area (Å²) in [5, 5.41) is 0. The molecule has 104 valence electrons. The predicted octanol–water partition coefficient (Wildman–Crippen LogP) is 3.59. The van der Waals surface area contributed by atoms with Gasteiger partial charge in [0.15, 0.2) is 0 Å². The largest absolute Gasteiger partial charge is 0.364 e. The van der Waals surface area contributed by atoms with Crippen LogP contribution in [0, 0.1) is 5.82 Å². The molecule has 1 amide bonds. The van der Waals surface area contributed by atoms with Gasteiger partial charge in [-0.1, -0.05) is 36.4 Å². The van der Waals surface area contributed by atoms with Crippen LogP contribution in [0.4, 0.5) is 4.39 Å². The zero-order valence-electron chi connectivity index (χ0n) is 11.1. The number of aromatic nitrogens is 1. The first-order valence-corrected chi connectivity index (χ1v) is 6.49. The molecule has 4 heteroatoms. The fraction of sp³-hybridized carbons (Fsp3) is 0. The monoisotopic (exact) mass is 280 g/mol. The van der Waals surface area contributed by atoms with E-state index in [9.17, 15) is 9.18 Å². The van der Waals surface area contributed by atoms with Gasteiger partial charge < -0.3 is 10.7 Å². The third-order valence-electron chi connectivity index (χ3n) is 3.31. The maximum atomic E-state index is 13.2. The van der Waals surface area contributed by atoms with E-state index in [2.05, 4.69) is 4.98 Å². The van der Waals surface area contributed by atoms with Gasteiger partial charge in [0.25, 0.3) is 5.91 Å². The molecule has 0 saturated heterocycles. The summed E-state index contributed by atoms with van der Waals surface area (Å²) in [5.74, 6) is -0.746. The summed E-state index contributed by atoms with van der Waals surface area (Å²) in [6.07, 6.45) is 0. The Morgan fingerprint density at radius 1 is 0.905 bits per heavy atom. The van der Waals surface area contributed by atoms with E-state index in [0.717, 1.165) is 22.4 Å². The maximum Gasteiger partial charge on any atom is 0.265 e. The molecule has 0 unspecified atom stereocenters. The van der Waals surface area contributed by atoms with E-state index in [4.69, 9.17) is 5.73 Å². The van der Waals surface area contributed by atoms with Crippen LogP contribution in [0.2, 0.25) is 0 Å². The molecule has 0 aliphatic carbocycles. The van der Waals surface area contributed by atoms with Crippen LogP contribution in [0.25, 0.3) is 22.4 Å². The Labute approximate surface area is 121 Å². The molecular formula is C17H13FN2O. The van der Waals surface area contributed by atoms with Crippen molar-refractivity contribution >= 4 is 5.91 Å². The lowest BCUT2D eigenvalue weighted by Gasteiger charge is -2.04. The second kappa shape index (κ2) is 5.25. The lowest BCUT2D eigenvalue weighted by atomic mass is 10.0. The molecule has 21 heavy (non-hydrogen) atoms. The minimum absolute atomic E-state index is 0.257. The number of carbonyl (C=O) groups excluding carboxylic acids is 1. The van der Waals surface area contributed by atoms with Gasteiger partial charge in [-0.25, -0.2) is 4.39 Å². The van der Waals surface area contributed by atoms with Gasteiger partial charge in [-0.3, -0.25) is 4.79 Å². The van der Waals surface area contributed by atoms with Crippen molar-refractivity contribution in [3.05, 3.63) is 72.2 Å². The molecule has 3 aromatic rings. The average molecular weight is 280 g/mol. The lowest BCUT2D eigenvalue weighted by molar-refractivity contribution is 0.0996. The van der Waals surface area contributed by atoms with Crippen LogP contribution in [0.5, 0.6) is 0 Å². The van der Waals surface area contributed by atoms with E-state index in [-0.39, 0.29) is 5.82 Å². The lowest BCUT2D eigenvalue weighted by Crippen LogP contribution is -2.10. The first kappa shape index (κ1) is 13.1. The van der Waals surface area contributed by atoms with Gasteiger partial charge >= 0.3 is 0 Å². The predicted molar refractivity (Wildman–Crippen MR) is 80.1 cm³/mol. The van der Waals surface area contributed by atoms with Gasteiger partial charge in [0.2, 0.25) is 0 Å². The van der Waals surface area contributed by atoms with Gasteiger partial charge in [0.1, 0.15) is 11.5 Å². The van der Waals surface area contributed by atoms with Crippen LogP contribution in [0.15, 0.2) is 60.7 Å². The molecule has 3 rings (SSSR count). The molecule has 1 aromatic heterocycles. The Hall–Kier alpha value is -2.88. The molecule has 0 spiro atoms. The Bertz CT molecular complexity index is 791. The van der Waals surface area contributed by atoms with Crippen LogP contribution in [0.1, 0.15) is 10.5 Å². The van der Waals surface area contributed by atoms with E-state index in [0.29, 0.717) is 5.69 Å². The van der Waals surface area contributed by atoms with Crippen molar-refractivity contribution in [1.29, 1.82) is 0 Å². The molecule has 0 fully saturated rings.